The molecule has 0 saturated carbocycles. The summed E-state index contributed by atoms with van der Waals surface area (Å²) in [5.74, 6) is -0.568. The number of rotatable bonds is 5. The lowest BCUT2D eigenvalue weighted by molar-refractivity contribution is -0.139. The molecule has 8 heteroatoms. The summed E-state index contributed by atoms with van der Waals surface area (Å²) in [6.45, 7) is 0. The van der Waals surface area contributed by atoms with Crippen molar-refractivity contribution < 1.29 is 14.3 Å². The van der Waals surface area contributed by atoms with Gasteiger partial charge in [-0.25, -0.2) is 4.68 Å². The minimum Gasteiger partial charge on any atom is -0.469 e. The van der Waals surface area contributed by atoms with Crippen LogP contribution in [0.5, 0.6) is 5.88 Å². The van der Waals surface area contributed by atoms with E-state index < -0.39 is 11.9 Å². The van der Waals surface area contributed by atoms with Gasteiger partial charge >= 0.3 is 5.97 Å². The number of fused-ring (bicyclic) bond motifs is 1. The van der Waals surface area contributed by atoms with Crippen molar-refractivity contribution >= 4 is 11.7 Å². The highest BCUT2D eigenvalue weighted by Crippen LogP contribution is 2.45. The number of carbonyl (C=O) groups is 1. The second kappa shape index (κ2) is 8.47. The van der Waals surface area contributed by atoms with Crippen LogP contribution in [0.3, 0.4) is 0 Å². The number of nitrogens with two attached hydrogens (primary N) is 1. The standard InChI is InChI=1S/C24H23N5O3/c1-28(2)16-11-9-15(10-12-16)21-18(14-25)23(26)32-24-22(21)19(13-20(30)31-3)27-29(24)17-7-5-4-6-8-17/h4-12,21H,13,26H2,1-3H3. The minimum atomic E-state index is -0.530. The molecule has 32 heavy (non-hydrogen) atoms. The van der Waals surface area contributed by atoms with Gasteiger partial charge in [0.1, 0.15) is 11.6 Å². The Kier molecular flexibility index (Phi) is 5.56. The molecule has 2 heterocycles. The number of esters is 1. The molecule has 2 aromatic carbocycles. The van der Waals surface area contributed by atoms with E-state index in [9.17, 15) is 10.1 Å². The molecule has 4 rings (SSSR count). The molecule has 0 aliphatic carbocycles. The van der Waals surface area contributed by atoms with Gasteiger partial charge in [-0.1, -0.05) is 30.3 Å². The molecule has 0 bridgehead atoms. The van der Waals surface area contributed by atoms with E-state index in [0.717, 1.165) is 16.9 Å². The van der Waals surface area contributed by atoms with E-state index in [2.05, 4.69) is 11.2 Å². The fourth-order valence-electron chi connectivity index (χ4n) is 3.79. The summed E-state index contributed by atoms with van der Waals surface area (Å²) in [5.41, 5.74) is 10.2. The Morgan fingerprint density at radius 2 is 1.91 bits per heavy atom. The fraction of sp³-hybridized carbons (Fsp3) is 0.208. The van der Waals surface area contributed by atoms with Crippen LogP contribution in [-0.4, -0.2) is 37.0 Å². The van der Waals surface area contributed by atoms with Gasteiger partial charge in [0.2, 0.25) is 11.8 Å². The second-order valence-corrected chi connectivity index (χ2v) is 7.58. The molecule has 1 aliphatic rings. The molecule has 2 N–H and O–H groups in total. The first-order valence-corrected chi connectivity index (χ1v) is 10.0. The predicted molar refractivity (Wildman–Crippen MR) is 119 cm³/mol. The molecule has 0 spiro atoms. The number of benzene rings is 2. The number of nitrogens with zero attached hydrogens (tertiary/aromatic N) is 4. The molecule has 0 radical (unpaired) electrons. The van der Waals surface area contributed by atoms with Crippen molar-refractivity contribution in [2.75, 3.05) is 26.1 Å². The lowest BCUT2D eigenvalue weighted by Crippen LogP contribution is -2.22. The lowest BCUT2D eigenvalue weighted by Gasteiger charge is -2.25. The number of aromatic nitrogens is 2. The third-order valence-electron chi connectivity index (χ3n) is 5.41. The van der Waals surface area contributed by atoms with Gasteiger partial charge < -0.3 is 20.1 Å². The molecule has 1 aromatic heterocycles. The lowest BCUT2D eigenvalue weighted by atomic mass is 9.83. The monoisotopic (exact) mass is 429 g/mol. The van der Waals surface area contributed by atoms with Crippen LogP contribution in [-0.2, 0) is 16.0 Å². The Bertz CT molecular complexity index is 1220. The smallest absolute Gasteiger partial charge is 0.311 e. The normalized spacial score (nSPS) is 14.9. The first kappa shape index (κ1) is 21.0. The molecule has 3 aromatic rings. The topological polar surface area (TPSA) is 106 Å². The van der Waals surface area contributed by atoms with E-state index in [0.29, 0.717) is 17.1 Å². The molecular weight excluding hydrogens is 406 g/mol. The molecular formula is C24H23N5O3. The van der Waals surface area contributed by atoms with Gasteiger partial charge in [0, 0.05) is 19.8 Å². The maximum absolute atomic E-state index is 12.2. The maximum Gasteiger partial charge on any atom is 0.311 e. The zero-order valence-electron chi connectivity index (χ0n) is 18.1. The number of carbonyl (C=O) groups excluding carboxylic acids is 1. The van der Waals surface area contributed by atoms with Crippen LogP contribution >= 0.6 is 0 Å². The summed E-state index contributed by atoms with van der Waals surface area (Å²) < 4.78 is 12.4. The van der Waals surface area contributed by atoms with Crippen LogP contribution in [0.4, 0.5) is 5.69 Å². The minimum absolute atomic E-state index is 0.0170. The molecule has 8 nitrogen and oxygen atoms in total. The Balaban J connectivity index is 1.95. The van der Waals surface area contributed by atoms with Crippen LogP contribution in [0.1, 0.15) is 22.7 Å². The van der Waals surface area contributed by atoms with Gasteiger partial charge in [0.25, 0.3) is 0 Å². The maximum atomic E-state index is 12.2. The van der Waals surface area contributed by atoms with Crippen molar-refractivity contribution in [2.45, 2.75) is 12.3 Å². The van der Waals surface area contributed by atoms with E-state index in [1.165, 1.54) is 7.11 Å². The number of allylic oxidation sites excluding steroid dienone is 1. The largest absolute Gasteiger partial charge is 0.469 e. The van der Waals surface area contributed by atoms with Crippen LogP contribution in [0, 0.1) is 11.3 Å². The summed E-state index contributed by atoms with van der Waals surface area (Å²) in [7, 11) is 5.24. The van der Waals surface area contributed by atoms with Crippen LogP contribution < -0.4 is 15.4 Å². The SMILES string of the molecule is COC(=O)Cc1nn(-c2ccccc2)c2c1C(c1ccc(N(C)C)cc1)C(C#N)=C(N)O2. The summed E-state index contributed by atoms with van der Waals surface area (Å²) in [6, 6.07) is 19.4. The van der Waals surface area contributed by atoms with E-state index >= 15 is 0 Å². The number of ether oxygens (including phenoxy) is 2. The van der Waals surface area contributed by atoms with Gasteiger partial charge in [-0.2, -0.15) is 10.4 Å². The van der Waals surface area contributed by atoms with E-state index in [-0.39, 0.29) is 17.9 Å². The number of hydrogen-bond donors (Lipinski definition) is 1. The Morgan fingerprint density at radius 1 is 1.22 bits per heavy atom. The highest BCUT2D eigenvalue weighted by molar-refractivity contribution is 5.73. The summed E-state index contributed by atoms with van der Waals surface area (Å²) in [5, 5.41) is 14.6. The fourth-order valence-corrected chi connectivity index (χ4v) is 3.79. The van der Waals surface area contributed by atoms with Crippen molar-refractivity contribution in [3.05, 3.63) is 82.9 Å². The molecule has 0 fully saturated rings. The molecule has 1 atom stereocenters. The van der Waals surface area contributed by atoms with E-state index in [4.69, 9.17) is 15.2 Å². The van der Waals surface area contributed by atoms with Crippen LogP contribution in [0.25, 0.3) is 5.69 Å². The van der Waals surface area contributed by atoms with Gasteiger partial charge in [-0.15, -0.1) is 0 Å². The number of methoxy groups -OCH3 is 1. The number of anilines is 1. The van der Waals surface area contributed by atoms with Gasteiger partial charge in [-0.3, -0.25) is 4.79 Å². The third-order valence-corrected chi connectivity index (χ3v) is 5.41. The predicted octanol–water partition coefficient (Wildman–Crippen LogP) is 2.87. The van der Waals surface area contributed by atoms with Crippen molar-refractivity contribution in [3.63, 3.8) is 0 Å². The first-order chi connectivity index (χ1) is 15.4. The van der Waals surface area contributed by atoms with E-state index in [1.54, 1.807) is 4.68 Å². The van der Waals surface area contributed by atoms with Gasteiger partial charge in [0.05, 0.1) is 36.4 Å². The second-order valence-electron chi connectivity index (χ2n) is 7.58. The average Bonchev–Trinajstić information content (AvgIpc) is 3.16. The highest BCUT2D eigenvalue weighted by atomic mass is 16.5. The third kappa shape index (κ3) is 3.65. The van der Waals surface area contributed by atoms with Crippen LogP contribution in [0.2, 0.25) is 0 Å². The molecule has 0 amide bonds. The van der Waals surface area contributed by atoms with Crippen molar-refractivity contribution in [3.8, 4) is 17.6 Å². The Labute approximate surface area is 186 Å². The van der Waals surface area contributed by atoms with Gasteiger partial charge in [-0.05, 0) is 29.8 Å². The van der Waals surface area contributed by atoms with E-state index in [1.807, 2.05) is 73.6 Å². The summed E-state index contributed by atoms with van der Waals surface area (Å²) in [6.07, 6.45) is -0.0626. The van der Waals surface area contributed by atoms with Crippen molar-refractivity contribution in [1.82, 2.24) is 9.78 Å². The molecule has 1 unspecified atom stereocenters. The average molecular weight is 429 g/mol. The first-order valence-electron chi connectivity index (χ1n) is 10.0. The van der Waals surface area contributed by atoms with Crippen molar-refractivity contribution in [2.24, 2.45) is 5.73 Å². The Morgan fingerprint density at radius 3 is 2.50 bits per heavy atom. The number of para-hydroxylation sites is 1. The molecule has 0 saturated heterocycles. The van der Waals surface area contributed by atoms with Crippen LogP contribution in [0.15, 0.2) is 66.1 Å². The molecule has 162 valence electrons. The zero-order valence-corrected chi connectivity index (χ0v) is 18.1. The van der Waals surface area contributed by atoms with Gasteiger partial charge in [0.15, 0.2) is 0 Å². The number of hydrogen-bond acceptors (Lipinski definition) is 7. The summed E-state index contributed by atoms with van der Waals surface area (Å²) in [4.78, 5) is 14.2. The number of nitriles is 1. The Hall–Kier alpha value is -4.25. The quantitative estimate of drug-likeness (QED) is 0.622. The molecule has 1 aliphatic heterocycles. The highest BCUT2D eigenvalue weighted by Gasteiger charge is 2.37. The van der Waals surface area contributed by atoms with Crippen molar-refractivity contribution in [1.29, 1.82) is 5.26 Å². The summed E-state index contributed by atoms with van der Waals surface area (Å²) >= 11 is 0. The zero-order chi connectivity index (χ0) is 22.8.